The SMILES string of the molecule is CCCCCOC(=O)c1ccc(OCCC(F)(F)C(F)(F)C(F)(F)C(F)(F)C(F)(F)C(F)(F)C(F)(F)C(F)(F)C(F)(F)C(F)(F)F)cc1. The van der Waals surface area contributed by atoms with Gasteiger partial charge in [0.2, 0.25) is 0 Å². The summed E-state index contributed by atoms with van der Waals surface area (Å²) in [6.07, 6.45) is -9.02. The van der Waals surface area contributed by atoms with Crippen molar-refractivity contribution in [1.82, 2.24) is 0 Å². The molecular weight excluding hydrogens is 735 g/mol. The molecule has 0 fully saturated rings. The number of rotatable bonds is 17. The molecule has 0 atom stereocenters. The first-order chi connectivity index (χ1) is 21.2. The molecular formula is C24H19F21O3. The van der Waals surface area contributed by atoms with Crippen molar-refractivity contribution < 1.29 is 106 Å². The van der Waals surface area contributed by atoms with Gasteiger partial charge in [-0.2, -0.15) is 92.2 Å². The van der Waals surface area contributed by atoms with Gasteiger partial charge in [-0.15, -0.1) is 0 Å². The molecule has 24 heteroatoms. The number of hydrogen-bond acceptors (Lipinski definition) is 3. The molecule has 0 aliphatic rings. The van der Waals surface area contributed by atoms with Gasteiger partial charge < -0.3 is 9.47 Å². The Kier molecular flexibility index (Phi) is 12.0. The lowest BCUT2D eigenvalue weighted by atomic mass is 9.86. The summed E-state index contributed by atoms with van der Waals surface area (Å²) in [5.74, 6) is -78.9. The Morgan fingerprint density at radius 2 is 0.896 bits per heavy atom. The largest absolute Gasteiger partial charge is 0.493 e. The number of alkyl halides is 21. The van der Waals surface area contributed by atoms with Crippen LogP contribution in [0.3, 0.4) is 0 Å². The maximum absolute atomic E-state index is 14.0. The first-order valence-electron chi connectivity index (χ1n) is 12.5. The minimum absolute atomic E-state index is 0.0234. The first-order valence-corrected chi connectivity index (χ1v) is 12.5. The van der Waals surface area contributed by atoms with Crippen molar-refractivity contribution in [3.05, 3.63) is 29.8 Å². The topological polar surface area (TPSA) is 35.5 Å². The second-order valence-electron chi connectivity index (χ2n) is 9.76. The third-order valence-corrected chi connectivity index (χ3v) is 6.33. The van der Waals surface area contributed by atoms with Crippen LogP contribution >= 0.6 is 0 Å². The van der Waals surface area contributed by atoms with E-state index in [0.717, 1.165) is 30.7 Å². The van der Waals surface area contributed by atoms with E-state index < -0.39 is 84.2 Å². The quantitative estimate of drug-likeness (QED) is 0.0903. The zero-order chi connectivity index (χ0) is 38.2. The van der Waals surface area contributed by atoms with E-state index in [1.165, 1.54) is 0 Å². The number of carbonyl (C=O) groups excluding carboxylic acids is 1. The van der Waals surface area contributed by atoms with Crippen LogP contribution in [0.5, 0.6) is 5.75 Å². The van der Waals surface area contributed by atoms with E-state index in [0.29, 0.717) is 12.8 Å². The number of halogens is 21. The zero-order valence-electron chi connectivity index (χ0n) is 23.2. The number of benzene rings is 1. The fourth-order valence-corrected chi connectivity index (χ4v) is 3.33. The van der Waals surface area contributed by atoms with Gasteiger partial charge >= 0.3 is 65.4 Å². The van der Waals surface area contributed by atoms with Crippen molar-refractivity contribution in [3.8, 4) is 5.75 Å². The molecule has 0 saturated heterocycles. The molecule has 1 rings (SSSR count). The summed E-state index contributed by atoms with van der Waals surface area (Å²) < 4.78 is 292. The average molecular weight is 754 g/mol. The van der Waals surface area contributed by atoms with Crippen LogP contribution < -0.4 is 4.74 Å². The number of esters is 1. The Balaban J connectivity index is 3.30. The number of hydrogen-bond donors (Lipinski definition) is 0. The monoisotopic (exact) mass is 754 g/mol. The van der Waals surface area contributed by atoms with E-state index in [4.69, 9.17) is 4.74 Å². The van der Waals surface area contributed by atoms with Gasteiger partial charge in [0, 0.05) is 0 Å². The first kappa shape index (κ1) is 43.0. The van der Waals surface area contributed by atoms with E-state index in [1.807, 2.05) is 6.92 Å². The van der Waals surface area contributed by atoms with E-state index in [9.17, 15) is 97.0 Å². The minimum atomic E-state index is -9.21. The highest BCUT2D eigenvalue weighted by Crippen LogP contribution is 2.66. The van der Waals surface area contributed by atoms with Crippen molar-refractivity contribution in [2.24, 2.45) is 0 Å². The highest BCUT2D eigenvalue weighted by atomic mass is 19.4. The van der Waals surface area contributed by atoms with Crippen LogP contribution in [0.25, 0.3) is 0 Å². The van der Waals surface area contributed by atoms with Gasteiger partial charge in [0.15, 0.2) is 0 Å². The molecule has 0 unspecified atom stereocenters. The van der Waals surface area contributed by atoms with E-state index >= 15 is 0 Å². The van der Waals surface area contributed by atoms with E-state index in [2.05, 4.69) is 4.74 Å². The average Bonchev–Trinajstić information content (AvgIpc) is 2.94. The van der Waals surface area contributed by atoms with Crippen molar-refractivity contribution in [3.63, 3.8) is 0 Å². The summed E-state index contributed by atoms with van der Waals surface area (Å²) in [7, 11) is 0. The zero-order valence-corrected chi connectivity index (χ0v) is 23.2. The Morgan fingerprint density at radius 1 is 0.521 bits per heavy atom. The van der Waals surface area contributed by atoms with Crippen molar-refractivity contribution in [2.45, 2.75) is 92.1 Å². The molecule has 0 aromatic heterocycles. The lowest BCUT2D eigenvalue weighted by Gasteiger charge is -2.44. The van der Waals surface area contributed by atoms with Gasteiger partial charge in [-0.1, -0.05) is 19.8 Å². The van der Waals surface area contributed by atoms with Gasteiger partial charge in [0.1, 0.15) is 5.75 Å². The fourth-order valence-electron chi connectivity index (χ4n) is 3.33. The maximum atomic E-state index is 14.0. The molecule has 0 radical (unpaired) electrons. The molecule has 1 aromatic rings. The molecule has 0 heterocycles. The third kappa shape index (κ3) is 6.89. The van der Waals surface area contributed by atoms with E-state index in [1.54, 1.807) is 0 Å². The Labute approximate surface area is 254 Å². The molecule has 0 aliphatic carbocycles. The van der Waals surface area contributed by atoms with Crippen LogP contribution in [-0.2, 0) is 4.74 Å². The summed E-state index contributed by atoms with van der Waals surface area (Å²) in [5.41, 5.74) is -0.208. The van der Waals surface area contributed by atoms with Crippen LogP contribution in [-0.4, -0.2) is 78.7 Å². The van der Waals surface area contributed by atoms with Crippen LogP contribution in [0.1, 0.15) is 43.0 Å². The standard InChI is InChI=1S/C24H19F21O3/c1-2-3-4-10-48-14(46)12-5-7-13(8-6-12)47-11-9-15(25,26)16(27,28)17(29,30)18(31,32)19(33,34)20(35,36)21(37,38)22(39,40)23(41,42)24(43,44)45/h5-8H,2-4,9-11H2,1H3. The van der Waals surface area contributed by atoms with Crippen LogP contribution in [0, 0.1) is 0 Å². The van der Waals surface area contributed by atoms with Crippen LogP contribution in [0.2, 0.25) is 0 Å². The van der Waals surface area contributed by atoms with Gasteiger partial charge in [0.05, 0.1) is 25.2 Å². The Morgan fingerprint density at radius 3 is 1.27 bits per heavy atom. The number of unbranched alkanes of at least 4 members (excludes halogenated alkanes) is 2. The summed E-state index contributed by atoms with van der Waals surface area (Å²) in [5, 5.41) is 0. The summed E-state index contributed by atoms with van der Waals surface area (Å²) in [6, 6.07) is 3.27. The molecule has 0 amide bonds. The smallest absolute Gasteiger partial charge is 0.460 e. The molecule has 48 heavy (non-hydrogen) atoms. The maximum Gasteiger partial charge on any atom is 0.460 e. The van der Waals surface area contributed by atoms with Crippen molar-refractivity contribution in [2.75, 3.05) is 13.2 Å². The van der Waals surface area contributed by atoms with Gasteiger partial charge in [-0.3, -0.25) is 0 Å². The van der Waals surface area contributed by atoms with Crippen molar-refractivity contribution in [1.29, 1.82) is 0 Å². The summed E-state index contributed by atoms with van der Waals surface area (Å²) >= 11 is 0. The molecule has 1 aromatic carbocycles. The van der Waals surface area contributed by atoms with Crippen molar-refractivity contribution >= 4 is 5.97 Å². The third-order valence-electron chi connectivity index (χ3n) is 6.33. The molecule has 3 nitrogen and oxygen atoms in total. The minimum Gasteiger partial charge on any atom is -0.493 e. The molecule has 0 bridgehead atoms. The van der Waals surface area contributed by atoms with E-state index in [-0.39, 0.29) is 12.2 Å². The highest BCUT2D eigenvalue weighted by molar-refractivity contribution is 5.89. The predicted octanol–water partition coefficient (Wildman–Crippen LogP) is 10.1. The highest BCUT2D eigenvalue weighted by Gasteiger charge is 2.97. The fraction of sp³-hybridized carbons (Fsp3) is 0.708. The molecule has 0 aliphatic heterocycles. The molecule has 280 valence electrons. The van der Waals surface area contributed by atoms with Gasteiger partial charge in [-0.25, -0.2) is 4.79 Å². The Bertz CT molecular complexity index is 1240. The predicted molar refractivity (Wildman–Crippen MR) is 117 cm³/mol. The summed E-state index contributed by atoms with van der Waals surface area (Å²) in [6.45, 7) is -0.130. The number of ether oxygens (including phenoxy) is 2. The van der Waals surface area contributed by atoms with Gasteiger partial charge in [0.25, 0.3) is 0 Å². The normalized spacial score (nSPS) is 15.0. The lowest BCUT2D eigenvalue weighted by molar-refractivity contribution is -0.474. The molecule has 0 spiro atoms. The second-order valence-corrected chi connectivity index (χ2v) is 9.76. The summed E-state index contributed by atoms with van der Waals surface area (Å²) in [4.78, 5) is 11.8. The van der Waals surface area contributed by atoms with Crippen LogP contribution in [0.4, 0.5) is 92.2 Å². The van der Waals surface area contributed by atoms with Gasteiger partial charge in [-0.05, 0) is 30.7 Å². The second kappa shape index (κ2) is 13.4. The number of carbonyl (C=O) groups is 1. The molecule has 0 saturated carbocycles. The Hall–Kier alpha value is -2.98. The molecule has 0 N–H and O–H groups in total. The van der Waals surface area contributed by atoms with Crippen LogP contribution in [0.15, 0.2) is 24.3 Å². The lowest BCUT2D eigenvalue weighted by Crippen LogP contribution is -2.76.